The lowest BCUT2D eigenvalue weighted by molar-refractivity contribution is 1.14. The first-order valence-corrected chi connectivity index (χ1v) is 6.35. The van der Waals surface area contributed by atoms with Gasteiger partial charge >= 0.3 is 0 Å². The topological polar surface area (TPSA) is 26.0 Å². The molecule has 0 heterocycles. The van der Waals surface area contributed by atoms with E-state index in [9.17, 15) is 0 Å². The summed E-state index contributed by atoms with van der Waals surface area (Å²) in [6, 6.07) is 18.2. The van der Waals surface area contributed by atoms with Crippen molar-refractivity contribution in [3.8, 4) is 0 Å². The highest BCUT2D eigenvalue weighted by Gasteiger charge is 1.82. The maximum atomic E-state index is 5.42. The van der Waals surface area contributed by atoms with Crippen LogP contribution in [0.3, 0.4) is 0 Å². The summed E-state index contributed by atoms with van der Waals surface area (Å²) in [5.74, 6) is 0. The number of nitrogen functional groups attached to an aromatic ring is 1. The molecule has 0 radical (unpaired) electrons. The van der Waals surface area contributed by atoms with Gasteiger partial charge in [-0.3, -0.25) is 0 Å². The fourth-order valence-electron chi connectivity index (χ4n) is 1.18. The molecule has 0 saturated carbocycles. The van der Waals surface area contributed by atoms with E-state index in [1.807, 2.05) is 30.3 Å². The Morgan fingerprint density at radius 3 is 1.88 bits per heavy atom. The molecule has 0 spiro atoms. The van der Waals surface area contributed by atoms with Crippen LogP contribution in [-0.2, 0) is 6.42 Å². The van der Waals surface area contributed by atoms with Crippen LogP contribution in [0.15, 0.2) is 54.6 Å². The van der Waals surface area contributed by atoms with Crippen LogP contribution in [-0.4, -0.2) is 0 Å². The van der Waals surface area contributed by atoms with Gasteiger partial charge in [0.25, 0.3) is 0 Å². The van der Waals surface area contributed by atoms with E-state index in [-0.39, 0.29) is 0 Å². The zero-order valence-electron chi connectivity index (χ0n) is 9.36. The molecule has 1 nitrogen and oxygen atoms in total. The monoisotopic (exact) mass is 325 g/mol. The van der Waals surface area contributed by atoms with Crippen molar-refractivity contribution in [1.29, 1.82) is 0 Å². The Kier molecular flexibility index (Phi) is 5.93. The summed E-state index contributed by atoms with van der Waals surface area (Å²) >= 11 is 2.24. The smallest absolute Gasteiger partial charge is 0.0314 e. The zero-order valence-corrected chi connectivity index (χ0v) is 11.5. The average Bonchev–Trinajstić information content (AvgIpc) is 2.35. The minimum Gasteiger partial charge on any atom is -0.399 e. The number of aryl methyl sites for hydroxylation is 1. The Labute approximate surface area is 111 Å². The molecular weight excluding hydrogens is 309 g/mol. The van der Waals surface area contributed by atoms with E-state index in [2.05, 4.69) is 53.8 Å². The SMILES string of the molecule is CCc1ccccc1.Nc1ccc(I)cc1. The van der Waals surface area contributed by atoms with Crippen LogP contribution in [0, 0.1) is 3.57 Å². The van der Waals surface area contributed by atoms with E-state index >= 15 is 0 Å². The molecule has 2 aromatic rings. The van der Waals surface area contributed by atoms with E-state index < -0.39 is 0 Å². The standard InChI is InChI=1S/C8H10.C6H6IN/c1-2-8-6-4-3-5-7-8;7-5-1-3-6(8)4-2-5/h3-7H,2H2,1H3;1-4H,8H2. The number of benzene rings is 2. The van der Waals surface area contributed by atoms with Gasteiger partial charge in [0.05, 0.1) is 0 Å². The van der Waals surface area contributed by atoms with Crippen LogP contribution < -0.4 is 5.73 Å². The van der Waals surface area contributed by atoms with Gasteiger partial charge in [0, 0.05) is 9.26 Å². The van der Waals surface area contributed by atoms with Crippen molar-refractivity contribution in [2.75, 3.05) is 5.73 Å². The van der Waals surface area contributed by atoms with Gasteiger partial charge in [0.2, 0.25) is 0 Å². The molecule has 0 bridgehead atoms. The first-order chi connectivity index (χ1) is 7.72. The Bertz CT molecular complexity index is 374. The second-order valence-corrected chi connectivity index (χ2v) is 4.64. The molecule has 0 aliphatic rings. The normalized spacial score (nSPS) is 9.12. The second kappa shape index (κ2) is 7.28. The largest absolute Gasteiger partial charge is 0.399 e. The van der Waals surface area contributed by atoms with Gasteiger partial charge in [-0.05, 0) is 58.8 Å². The van der Waals surface area contributed by atoms with Crippen LogP contribution in [0.5, 0.6) is 0 Å². The second-order valence-electron chi connectivity index (χ2n) is 3.39. The molecule has 0 amide bonds. The molecule has 2 rings (SSSR count). The number of halogens is 1. The maximum Gasteiger partial charge on any atom is 0.0314 e. The first kappa shape index (κ1) is 13.0. The number of hydrogen-bond acceptors (Lipinski definition) is 1. The van der Waals surface area contributed by atoms with Crippen molar-refractivity contribution in [2.24, 2.45) is 0 Å². The predicted octanol–water partition coefficient (Wildman–Crippen LogP) is 4.12. The third-order valence-corrected chi connectivity index (χ3v) is 2.84. The Morgan fingerprint density at radius 1 is 0.938 bits per heavy atom. The van der Waals surface area contributed by atoms with Gasteiger partial charge < -0.3 is 5.73 Å². The molecule has 0 aliphatic carbocycles. The lowest BCUT2D eigenvalue weighted by atomic mass is 10.2. The lowest BCUT2D eigenvalue weighted by Gasteiger charge is -1.89. The highest BCUT2D eigenvalue weighted by molar-refractivity contribution is 14.1. The summed E-state index contributed by atoms with van der Waals surface area (Å²) in [4.78, 5) is 0. The quantitative estimate of drug-likeness (QED) is 0.619. The van der Waals surface area contributed by atoms with E-state index in [1.54, 1.807) is 0 Å². The van der Waals surface area contributed by atoms with E-state index in [1.165, 1.54) is 9.13 Å². The number of rotatable bonds is 1. The summed E-state index contributed by atoms with van der Waals surface area (Å²) in [6.07, 6.45) is 1.14. The van der Waals surface area contributed by atoms with Crippen LogP contribution >= 0.6 is 22.6 Å². The third kappa shape index (κ3) is 5.16. The minimum atomic E-state index is 0.824. The van der Waals surface area contributed by atoms with Gasteiger partial charge in [-0.25, -0.2) is 0 Å². The Hall–Kier alpha value is -1.03. The number of anilines is 1. The fraction of sp³-hybridized carbons (Fsp3) is 0.143. The van der Waals surface area contributed by atoms with E-state index in [0.717, 1.165) is 12.1 Å². The molecule has 0 fully saturated rings. The lowest BCUT2D eigenvalue weighted by Crippen LogP contribution is -1.81. The van der Waals surface area contributed by atoms with Gasteiger partial charge in [-0.1, -0.05) is 37.3 Å². The molecule has 84 valence electrons. The molecule has 0 saturated heterocycles. The van der Waals surface area contributed by atoms with Crippen molar-refractivity contribution in [2.45, 2.75) is 13.3 Å². The fourth-order valence-corrected chi connectivity index (χ4v) is 1.54. The minimum absolute atomic E-state index is 0.824. The molecule has 2 aromatic carbocycles. The molecule has 0 unspecified atom stereocenters. The molecule has 0 aromatic heterocycles. The van der Waals surface area contributed by atoms with Crippen LogP contribution in [0.2, 0.25) is 0 Å². The third-order valence-electron chi connectivity index (χ3n) is 2.12. The summed E-state index contributed by atoms with van der Waals surface area (Å²) in [5, 5.41) is 0. The molecule has 16 heavy (non-hydrogen) atoms. The summed E-state index contributed by atoms with van der Waals surface area (Å²) < 4.78 is 1.22. The highest BCUT2D eigenvalue weighted by Crippen LogP contribution is 2.06. The molecule has 0 atom stereocenters. The highest BCUT2D eigenvalue weighted by atomic mass is 127. The average molecular weight is 325 g/mol. The van der Waals surface area contributed by atoms with Crippen molar-refractivity contribution < 1.29 is 0 Å². The van der Waals surface area contributed by atoms with Gasteiger partial charge in [0.1, 0.15) is 0 Å². The van der Waals surface area contributed by atoms with Crippen LogP contribution in [0.1, 0.15) is 12.5 Å². The van der Waals surface area contributed by atoms with E-state index in [0.29, 0.717) is 0 Å². The molecule has 0 aliphatic heterocycles. The van der Waals surface area contributed by atoms with Gasteiger partial charge in [-0.2, -0.15) is 0 Å². The summed E-state index contributed by atoms with van der Waals surface area (Å²) in [7, 11) is 0. The molecule has 2 heteroatoms. The summed E-state index contributed by atoms with van der Waals surface area (Å²) in [5.41, 5.74) is 7.66. The summed E-state index contributed by atoms with van der Waals surface area (Å²) in [6.45, 7) is 2.16. The van der Waals surface area contributed by atoms with Crippen LogP contribution in [0.25, 0.3) is 0 Å². The Balaban J connectivity index is 0.000000160. The van der Waals surface area contributed by atoms with Crippen molar-refractivity contribution >= 4 is 28.3 Å². The maximum absolute atomic E-state index is 5.42. The zero-order chi connectivity index (χ0) is 11.8. The van der Waals surface area contributed by atoms with E-state index in [4.69, 9.17) is 5.73 Å². The van der Waals surface area contributed by atoms with Gasteiger partial charge in [0.15, 0.2) is 0 Å². The molecular formula is C14H16IN. The molecule has 2 N–H and O–H groups in total. The number of nitrogens with two attached hydrogens (primary N) is 1. The van der Waals surface area contributed by atoms with Crippen molar-refractivity contribution in [3.63, 3.8) is 0 Å². The van der Waals surface area contributed by atoms with Crippen LogP contribution in [0.4, 0.5) is 5.69 Å². The van der Waals surface area contributed by atoms with Gasteiger partial charge in [-0.15, -0.1) is 0 Å². The first-order valence-electron chi connectivity index (χ1n) is 5.27. The predicted molar refractivity (Wildman–Crippen MR) is 79.4 cm³/mol. The van der Waals surface area contributed by atoms with Crippen molar-refractivity contribution in [3.05, 3.63) is 63.7 Å². The number of hydrogen-bond donors (Lipinski definition) is 1. The van der Waals surface area contributed by atoms with Crippen molar-refractivity contribution in [1.82, 2.24) is 0 Å². The Morgan fingerprint density at radius 2 is 1.50 bits per heavy atom.